The Hall–Kier alpha value is -0.600. The summed E-state index contributed by atoms with van der Waals surface area (Å²) in [7, 11) is 1.86. The fourth-order valence-electron chi connectivity index (χ4n) is 1.12. The lowest BCUT2D eigenvalue weighted by Crippen LogP contribution is -2.46. The second kappa shape index (κ2) is 5.99. The Morgan fingerprint density at radius 1 is 1.57 bits per heavy atom. The molecule has 0 amide bonds. The van der Waals surface area contributed by atoms with Crippen LogP contribution >= 0.6 is 0 Å². The Morgan fingerprint density at radius 3 is 2.50 bits per heavy atom. The second-order valence-corrected chi connectivity index (χ2v) is 4.08. The van der Waals surface area contributed by atoms with Crippen molar-refractivity contribution in [2.24, 2.45) is 17.1 Å². The van der Waals surface area contributed by atoms with Crippen LogP contribution in [-0.2, 0) is 0 Å². The third-order valence-electron chi connectivity index (χ3n) is 2.85. The van der Waals surface area contributed by atoms with E-state index in [1.165, 1.54) is 0 Å². The fourth-order valence-corrected chi connectivity index (χ4v) is 1.12. The van der Waals surface area contributed by atoms with Crippen molar-refractivity contribution in [2.75, 3.05) is 7.05 Å². The molecule has 0 spiro atoms. The minimum atomic E-state index is -0.168. The molecule has 3 N–H and O–H groups in total. The molecule has 0 aliphatic carbocycles. The van der Waals surface area contributed by atoms with E-state index in [0.717, 1.165) is 6.42 Å². The quantitative estimate of drug-likeness (QED) is 0.505. The first kappa shape index (κ1) is 13.4. The van der Waals surface area contributed by atoms with E-state index in [9.17, 15) is 0 Å². The van der Waals surface area contributed by atoms with Gasteiger partial charge in [0.1, 0.15) is 0 Å². The molecule has 3 atom stereocenters. The molecule has 0 bridgehead atoms. The maximum absolute atomic E-state index is 5.96. The van der Waals surface area contributed by atoms with E-state index in [-0.39, 0.29) is 11.6 Å². The molecule has 2 heteroatoms. The summed E-state index contributed by atoms with van der Waals surface area (Å²) in [5.41, 5.74) is 5.79. The van der Waals surface area contributed by atoms with Gasteiger partial charge in [0.2, 0.25) is 0 Å². The summed E-state index contributed by atoms with van der Waals surface area (Å²) in [4.78, 5) is 0. The van der Waals surface area contributed by atoms with Crippen molar-refractivity contribution >= 4 is 0 Å². The molecule has 0 saturated carbocycles. The molecule has 0 radical (unpaired) electrons. The first-order chi connectivity index (χ1) is 6.50. The van der Waals surface area contributed by atoms with Crippen LogP contribution in [0.25, 0.3) is 0 Å². The summed E-state index contributed by atoms with van der Waals surface area (Å²) in [5.74, 6) is 0.596. The topological polar surface area (TPSA) is 38.0 Å². The number of nitrogens with one attached hydrogen (secondary N) is 1. The van der Waals surface area contributed by atoms with Crippen molar-refractivity contribution in [3.05, 3.63) is 24.8 Å². The number of nitrogens with two attached hydrogens (primary N) is 1. The van der Waals surface area contributed by atoms with Crippen molar-refractivity contribution in [3.63, 3.8) is 0 Å². The summed E-state index contributed by atoms with van der Waals surface area (Å²) >= 11 is 0. The predicted molar refractivity (Wildman–Crippen MR) is 63.9 cm³/mol. The van der Waals surface area contributed by atoms with Crippen LogP contribution in [0.2, 0.25) is 0 Å². The number of hydrogen-bond donors (Lipinski definition) is 2. The Morgan fingerprint density at radius 2 is 2.14 bits per heavy atom. The van der Waals surface area contributed by atoms with Gasteiger partial charge in [-0.1, -0.05) is 38.5 Å². The molecule has 2 nitrogen and oxygen atoms in total. The monoisotopic (exact) mass is 196 g/mol. The highest BCUT2D eigenvalue weighted by molar-refractivity contribution is 5.11. The summed E-state index contributed by atoms with van der Waals surface area (Å²) in [6, 6.07) is 0. The normalized spacial score (nSPS) is 20.4. The van der Waals surface area contributed by atoms with Gasteiger partial charge < -0.3 is 11.1 Å². The van der Waals surface area contributed by atoms with E-state index in [1.807, 2.05) is 13.1 Å². The van der Waals surface area contributed by atoms with Gasteiger partial charge in [-0.15, -0.1) is 6.58 Å². The first-order valence-corrected chi connectivity index (χ1v) is 5.26. The maximum atomic E-state index is 5.96. The van der Waals surface area contributed by atoms with Crippen LogP contribution in [0.3, 0.4) is 0 Å². The van der Waals surface area contributed by atoms with Crippen molar-refractivity contribution in [2.45, 2.75) is 33.4 Å². The zero-order valence-electron chi connectivity index (χ0n) is 9.88. The van der Waals surface area contributed by atoms with Gasteiger partial charge in [0.25, 0.3) is 0 Å². The largest absolute Gasteiger partial charge is 0.315 e. The summed E-state index contributed by atoms with van der Waals surface area (Å²) in [6.45, 7) is 10.3. The van der Waals surface area contributed by atoms with Crippen molar-refractivity contribution < 1.29 is 0 Å². The lowest BCUT2D eigenvalue weighted by Gasteiger charge is -2.29. The second-order valence-electron chi connectivity index (χ2n) is 4.08. The molecule has 0 rings (SSSR count). The predicted octanol–water partition coefficient (Wildman–Crippen LogP) is 2.29. The average molecular weight is 196 g/mol. The van der Waals surface area contributed by atoms with E-state index in [2.05, 4.69) is 44.8 Å². The number of rotatable bonds is 6. The SMILES string of the molecule is C=C[C@](C)(/C=C/C(C)CC)[C@@H](N)NC. The van der Waals surface area contributed by atoms with Crippen LogP contribution in [0.5, 0.6) is 0 Å². The molecular formula is C12H24N2. The highest BCUT2D eigenvalue weighted by atomic mass is 15.0. The lowest BCUT2D eigenvalue weighted by molar-refractivity contribution is 0.376. The minimum Gasteiger partial charge on any atom is -0.315 e. The van der Waals surface area contributed by atoms with Crippen LogP contribution in [-0.4, -0.2) is 13.2 Å². The van der Waals surface area contributed by atoms with Gasteiger partial charge in [-0.2, -0.15) is 0 Å². The Labute approximate surface area is 88.3 Å². The fraction of sp³-hybridized carbons (Fsp3) is 0.667. The molecular weight excluding hydrogens is 172 g/mol. The van der Waals surface area contributed by atoms with E-state index < -0.39 is 0 Å². The van der Waals surface area contributed by atoms with E-state index in [1.54, 1.807) is 0 Å². The van der Waals surface area contributed by atoms with Gasteiger partial charge in [0.15, 0.2) is 0 Å². The summed E-state index contributed by atoms with van der Waals surface area (Å²) < 4.78 is 0. The third kappa shape index (κ3) is 3.64. The Balaban J connectivity index is 4.54. The molecule has 14 heavy (non-hydrogen) atoms. The van der Waals surface area contributed by atoms with E-state index >= 15 is 0 Å². The molecule has 1 unspecified atom stereocenters. The number of allylic oxidation sites excluding steroid dienone is 1. The third-order valence-corrected chi connectivity index (χ3v) is 2.85. The van der Waals surface area contributed by atoms with Crippen LogP contribution in [0.15, 0.2) is 24.8 Å². The molecule has 0 aliphatic rings. The lowest BCUT2D eigenvalue weighted by atomic mass is 9.85. The number of hydrogen-bond acceptors (Lipinski definition) is 2. The van der Waals surface area contributed by atoms with Crippen molar-refractivity contribution in [1.29, 1.82) is 0 Å². The zero-order chi connectivity index (χ0) is 11.2. The molecule has 0 fully saturated rings. The van der Waals surface area contributed by atoms with Crippen LogP contribution in [0.4, 0.5) is 0 Å². The van der Waals surface area contributed by atoms with Crippen LogP contribution in [0, 0.1) is 11.3 Å². The zero-order valence-corrected chi connectivity index (χ0v) is 9.88. The Bertz CT molecular complexity index is 198. The standard InChI is InChI=1S/C12H24N2/c1-6-10(3)8-9-12(4,7-2)11(13)14-5/h7-11,14H,2,6,13H2,1,3-5H3/b9-8+/t10?,11-,12+/m0/s1. The highest BCUT2D eigenvalue weighted by Gasteiger charge is 2.23. The van der Waals surface area contributed by atoms with Gasteiger partial charge in [0.05, 0.1) is 6.17 Å². The maximum Gasteiger partial charge on any atom is 0.0670 e. The van der Waals surface area contributed by atoms with Gasteiger partial charge in [0, 0.05) is 5.41 Å². The van der Waals surface area contributed by atoms with Crippen LogP contribution < -0.4 is 11.1 Å². The molecule has 0 saturated heterocycles. The molecule has 0 aromatic heterocycles. The molecule has 0 aliphatic heterocycles. The first-order valence-electron chi connectivity index (χ1n) is 5.26. The molecule has 0 aromatic rings. The van der Waals surface area contributed by atoms with E-state index in [4.69, 9.17) is 5.73 Å². The molecule has 0 heterocycles. The van der Waals surface area contributed by atoms with Gasteiger partial charge in [-0.25, -0.2) is 0 Å². The van der Waals surface area contributed by atoms with E-state index in [0.29, 0.717) is 5.92 Å². The Kier molecular flexibility index (Phi) is 5.73. The van der Waals surface area contributed by atoms with Crippen molar-refractivity contribution in [1.82, 2.24) is 5.32 Å². The minimum absolute atomic E-state index is 0.0830. The van der Waals surface area contributed by atoms with Gasteiger partial charge >= 0.3 is 0 Å². The van der Waals surface area contributed by atoms with Gasteiger partial charge in [-0.05, 0) is 19.9 Å². The molecule has 82 valence electrons. The van der Waals surface area contributed by atoms with Crippen molar-refractivity contribution in [3.8, 4) is 0 Å². The average Bonchev–Trinajstić information content (AvgIpc) is 2.23. The van der Waals surface area contributed by atoms with Gasteiger partial charge in [-0.3, -0.25) is 0 Å². The summed E-state index contributed by atoms with van der Waals surface area (Å²) in [5, 5.41) is 3.05. The summed E-state index contributed by atoms with van der Waals surface area (Å²) in [6.07, 6.45) is 7.32. The molecule has 0 aromatic carbocycles. The smallest absolute Gasteiger partial charge is 0.0670 e. The highest BCUT2D eigenvalue weighted by Crippen LogP contribution is 2.23. The van der Waals surface area contributed by atoms with Crippen LogP contribution in [0.1, 0.15) is 27.2 Å².